The van der Waals surface area contributed by atoms with E-state index in [9.17, 15) is 4.79 Å². The standard InChI is InChI=1S/C11H14ClNOS/c1-2-9(12)11(14)13-5-3-10-8(7-13)4-6-15-10/h4,6,9H,2-3,5,7H2,1H3. The average molecular weight is 244 g/mol. The Morgan fingerprint density at radius 2 is 2.53 bits per heavy atom. The number of halogens is 1. The van der Waals surface area contributed by atoms with Crippen molar-refractivity contribution < 1.29 is 4.79 Å². The van der Waals surface area contributed by atoms with E-state index in [0.717, 1.165) is 19.5 Å². The van der Waals surface area contributed by atoms with E-state index in [1.54, 1.807) is 11.3 Å². The Morgan fingerprint density at radius 3 is 3.27 bits per heavy atom. The fourth-order valence-electron chi connectivity index (χ4n) is 1.81. The SMILES string of the molecule is CCC(Cl)C(=O)N1CCc2sccc2C1. The fraction of sp³-hybridized carbons (Fsp3) is 0.545. The van der Waals surface area contributed by atoms with Gasteiger partial charge in [0.2, 0.25) is 5.91 Å². The Kier molecular flexibility index (Phi) is 3.32. The highest BCUT2D eigenvalue weighted by Crippen LogP contribution is 2.25. The summed E-state index contributed by atoms with van der Waals surface area (Å²) in [5.41, 5.74) is 1.29. The van der Waals surface area contributed by atoms with Gasteiger partial charge >= 0.3 is 0 Å². The van der Waals surface area contributed by atoms with Gasteiger partial charge in [0, 0.05) is 18.0 Å². The fourth-order valence-corrected chi connectivity index (χ4v) is 2.84. The summed E-state index contributed by atoms with van der Waals surface area (Å²) in [6.07, 6.45) is 1.68. The Hall–Kier alpha value is -0.540. The maximum absolute atomic E-state index is 11.9. The van der Waals surface area contributed by atoms with Crippen LogP contribution in [-0.2, 0) is 17.8 Å². The van der Waals surface area contributed by atoms with Gasteiger partial charge in [-0.15, -0.1) is 22.9 Å². The smallest absolute Gasteiger partial charge is 0.240 e. The van der Waals surface area contributed by atoms with Crippen molar-refractivity contribution in [3.8, 4) is 0 Å². The molecule has 82 valence electrons. The van der Waals surface area contributed by atoms with Crippen LogP contribution >= 0.6 is 22.9 Å². The first kappa shape index (κ1) is 11.0. The van der Waals surface area contributed by atoms with Gasteiger partial charge in [-0.05, 0) is 29.9 Å². The van der Waals surface area contributed by atoms with Gasteiger partial charge in [-0.1, -0.05) is 6.92 Å². The van der Waals surface area contributed by atoms with Crippen molar-refractivity contribution in [1.29, 1.82) is 0 Å². The third-order valence-electron chi connectivity index (χ3n) is 2.75. The molecule has 0 radical (unpaired) electrons. The summed E-state index contributed by atoms with van der Waals surface area (Å²) >= 11 is 7.74. The van der Waals surface area contributed by atoms with Crippen LogP contribution in [0.4, 0.5) is 0 Å². The lowest BCUT2D eigenvalue weighted by Crippen LogP contribution is -2.39. The topological polar surface area (TPSA) is 20.3 Å². The number of fused-ring (bicyclic) bond motifs is 1. The van der Waals surface area contributed by atoms with E-state index >= 15 is 0 Å². The van der Waals surface area contributed by atoms with Crippen LogP contribution in [0.3, 0.4) is 0 Å². The molecule has 0 N–H and O–H groups in total. The van der Waals surface area contributed by atoms with Crippen LogP contribution in [0.25, 0.3) is 0 Å². The molecule has 0 aliphatic carbocycles. The maximum atomic E-state index is 11.9. The number of hydrogen-bond donors (Lipinski definition) is 0. The summed E-state index contributed by atoms with van der Waals surface area (Å²) in [6, 6.07) is 2.11. The van der Waals surface area contributed by atoms with Gasteiger partial charge in [0.05, 0.1) is 0 Å². The zero-order chi connectivity index (χ0) is 10.8. The van der Waals surface area contributed by atoms with Crippen LogP contribution in [0.1, 0.15) is 23.8 Å². The molecular weight excluding hydrogens is 230 g/mol. The third-order valence-corrected chi connectivity index (χ3v) is 4.26. The molecule has 0 saturated heterocycles. The molecule has 1 atom stereocenters. The molecule has 1 aliphatic rings. The Labute approximate surface area is 98.8 Å². The summed E-state index contributed by atoms with van der Waals surface area (Å²) in [5.74, 6) is 0.0796. The van der Waals surface area contributed by atoms with Crippen LogP contribution < -0.4 is 0 Å². The first-order valence-electron chi connectivity index (χ1n) is 5.20. The third kappa shape index (κ3) is 2.18. The number of nitrogens with zero attached hydrogens (tertiary/aromatic N) is 1. The van der Waals surface area contributed by atoms with E-state index in [4.69, 9.17) is 11.6 Å². The zero-order valence-corrected chi connectivity index (χ0v) is 10.3. The number of carbonyl (C=O) groups is 1. The number of thiophene rings is 1. The van der Waals surface area contributed by atoms with Crippen molar-refractivity contribution in [2.24, 2.45) is 0 Å². The highest BCUT2D eigenvalue weighted by molar-refractivity contribution is 7.10. The van der Waals surface area contributed by atoms with Crippen molar-refractivity contribution in [2.45, 2.75) is 31.7 Å². The molecule has 1 aromatic rings. The van der Waals surface area contributed by atoms with E-state index in [1.165, 1.54) is 10.4 Å². The van der Waals surface area contributed by atoms with E-state index in [2.05, 4.69) is 11.4 Å². The summed E-state index contributed by atoms with van der Waals surface area (Å²) in [4.78, 5) is 15.1. The minimum atomic E-state index is -0.356. The minimum Gasteiger partial charge on any atom is -0.337 e. The lowest BCUT2D eigenvalue weighted by Gasteiger charge is -2.28. The molecule has 2 rings (SSSR count). The Balaban J connectivity index is 2.06. The second kappa shape index (κ2) is 4.54. The van der Waals surface area contributed by atoms with Crippen LogP contribution in [0.15, 0.2) is 11.4 Å². The molecule has 0 aromatic carbocycles. The van der Waals surface area contributed by atoms with Crippen LogP contribution in [0.2, 0.25) is 0 Å². The Bertz CT molecular complexity index is 363. The van der Waals surface area contributed by atoms with Gasteiger partial charge in [0.25, 0.3) is 0 Å². The number of amides is 1. The van der Waals surface area contributed by atoms with Gasteiger partial charge in [0.15, 0.2) is 0 Å². The maximum Gasteiger partial charge on any atom is 0.240 e. The van der Waals surface area contributed by atoms with E-state index in [1.807, 2.05) is 11.8 Å². The first-order chi connectivity index (χ1) is 7.22. The highest BCUT2D eigenvalue weighted by atomic mass is 35.5. The molecule has 1 aromatic heterocycles. The molecule has 1 aliphatic heterocycles. The summed E-state index contributed by atoms with van der Waals surface area (Å²) < 4.78 is 0. The molecule has 4 heteroatoms. The van der Waals surface area contributed by atoms with Crippen molar-refractivity contribution in [2.75, 3.05) is 6.54 Å². The monoisotopic (exact) mass is 243 g/mol. The average Bonchev–Trinajstić information content (AvgIpc) is 2.73. The predicted octanol–water partition coefficient (Wildman–Crippen LogP) is 2.65. The lowest BCUT2D eigenvalue weighted by atomic mass is 10.1. The number of carbonyl (C=O) groups excluding carboxylic acids is 1. The lowest BCUT2D eigenvalue weighted by molar-refractivity contribution is -0.131. The highest BCUT2D eigenvalue weighted by Gasteiger charge is 2.25. The predicted molar refractivity (Wildman–Crippen MR) is 63.4 cm³/mol. The molecular formula is C11H14ClNOS. The molecule has 15 heavy (non-hydrogen) atoms. The van der Waals surface area contributed by atoms with Crippen LogP contribution in [-0.4, -0.2) is 22.7 Å². The first-order valence-corrected chi connectivity index (χ1v) is 6.52. The quantitative estimate of drug-likeness (QED) is 0.732. The molecule has 1 amide bonds. The Morgan fingerprint density at radius 1 is 1.73 bits per heavy atom. The molecule has 2 heterocycles. The van der Waals surface area contributed by atoms with E-state index in [-0.39, 0.29) is 11.3 Å². The molecule has 0 fully saturated rings. The van der Waals surface area contributed by atoms with Crippen molar-refractivity contribution in [1.82, 2.24) is 4.90 Å². The van der Waals surface area contributed by atoms with Gasteiger partial charge in [0.1, 0.15) is 5.38 Å². The molecule has 1 unspecified atom stereocenters. The molecule has 2 nitrogen and oxygen atoms in total. The number of rotatable bonds is 2. The molecule has 0 saturated carbocycles. The second-order valence-corrected chi connectivity index (χ2v) is 5.28. The largest absolute Gasteiger partial charge is 0.337 e. The molecule has 0 spiro atoms. The van der Waals surface area contributed by atoms with Crippen molar-refractivity contribution in [3.05, 3.63) is 21.9 Å². The molecule has 0 bridgehead atoms. The van der Waals surface area contributed by atoms with Gasteiger partial charge < -0.3 is 4.90 Å². The van der Waals surface area contributed by atoms with Gasteiger partial charge in [-0.3, -0.25) is 4.79 Å². The van der Waals surface area contributed by atoms with E-state index < -0.39 is 0 Å². The zero-order valence-electron chi connectivity index (χ0n) is 8.70. The number of hydrogen-bond acceptors (Lipinski definition) is 2. The second-order valence-electron chi connectivity index (χ2n) is 3.75. The van der Waals surface area contributed by atoms with Gasteiger partial charge in [-0.2, -0.15) is 0 Å². The van der Waals surface area contributed by atoms with E-state index in [0.29, 0.717) is 6.42 Å². The minimum absolute atomic E-state index is 0.0796. The summed E-state index contributed by atoms with van der Waals surface area (Å²) in [6.45, 7) is 3.49. The van der Waals surface area contributed by atoms with Crippen LogP contribution in [0, 0.1) is 0 Å². The summed E-state index contributed by atoms with van der Waals surface area (Å²) in [5, 5.41) is 1.74. The normalized spacial score (nSPS) is 17.3. The van der Waals surface area contributed by atoms with Crippen molar-refractivity contribution in [3.63, 3.8) is 0 Å². The van der Waals surface area contributed by atoms with Crippen LogP contribution in [0.5, 0.6) is 0 Å². The van der Waals surface area contributed by atoms with Gasteiger partial charge in [-0.25, -0.2) is 0 Å². The number of alkyl halides is 1. The van der Waals surface area contributed by atoms with Crippen molar-refractivity contribution >= 4 is 28.8 Å². The summed E-state index contributed by atoms with van der Waals surface area (Å²) in [7, 11) is 0.